The molecule has 7 heteroatoms. The minimum atomic E-state index is -3.44. The molecule has 0 aromatic heterocycles. The first-order valence-electron chi connectivity index (χ1n) is 8.90. The van der Waals surface area contributed by atoms with E-state index in [1.807, 2.05) is 6.07 Å². The van der Waals surface area contributed by atoms with E-state index in [0.717, 1.165) is 25.9 Å². The van der Waals surface area contributed by atoms with Crippen LogP contribution in [0.15, 0.2) is 48.5 Å². The quantitative estimate of drug-likeness (QED) is 0.631. The van der Waals surface area contributed by atoms with Crippen LogP contribution in [0.4, 0.5) is 5.69 Å². The number of carbonyl (C=O) groups excluding carboxylic acids is 1. The maximum Gasteiger partial charge on any atom is 0.229 e. The van der Waals surface area contributed by atoms with Gasteiger partial charge in [0.1, 0.15) is 12.4 Å². The van der Waals surface area contributed by atoms with E-state index in [9.17, 15) is 13.2 Å². The molecule has 0 unspecified atom stereocenters. The molecule has 146 valence electrons. The SMILES string of the molecule is CCN(CC)CCOc1ccc(NS(C)(=O)=O)cc1C(=O)c1ccccc1. The van der Waals surface area contributed by atoms with E-state index in [4.69, 9.17) is 4.74 Å². The van der Waals surface area contributed by atoms with Crippen molar-refractivity contribution in [1.29, 1.82) is 0 Å². The number of likely N-dealkylation sites (N-methyl/N-ethyl adjacent to an activating group) is 1. The first-order chi connectivity index (χ1) is 12.8. The van der Waals surface area contributed by atoms with E-state index >= 15 is 0 Å². The number of sulfonamides is 1. The van der Waals surface area contributed by atoms with Crippen LogP contribution in [0.3, 0.4) is 0 Å². The standard InChI is InChI=1S/C20H26N2O4S/c1-4-22(5-2)13-14-26-19-12-11-17(21-27(3,24)25)15-18(19)20(23)16-9-7-6-8-10-16/h6-12,15,21H,4-5,13-14H2,1-3H3. The van der Waals surface area contributed by atoms with Gasteiger partial charge >= 0.3 is 0 Å². The van der Waals surface area contributed by atoms with E-state index in [1.165, 1.54) is 6.07 Å². The molecule has 0 spiro atoms. The summed E-state index contributed by atoms with van der Waals surface area (Å²) in [5, 5.41) is 0. The molecule has 0 saturated carbocycles. The fourth-order valence-electron chi connectivity index (χ4n) is 2.68. The molecule has 1 N–H and O–H groups in total. The second-order valence-electron chi connectivity index (χ2n) is 6.16. The number of ether oxygens (including phenoxy) is 1. The number of hydrogen-bond acceptors (Lipinski definition) is 5. The Morgan fingerprint density at radius 1 is 1.07 bits per heavy atom. The topological polar surface area (TPSA) is 75.7 Å². The zero-order chi connectivity index (χ0) is 19.9. The minimum Gasteiger partial charge on any atom is -0.491 e. The van der Waals surface area contributed by atoms with E-state index < -0.39 is 10.0 Å². The maximum absolute atomic E-state index is 12.9. The van der Waals surface area contributed by atoms with Crippen LogP contribution in [-0.2, 0) is 10.0 Å². The molecule has 0 aliphatic rings. The predicted octanol–water partition coefficient (Wildman–Crippen LogP) is 3.01. The molecule has 2 aromatic rings. The Bertz CT molecular complexity index is 863. The largest absolute Gasteiger partial charge is 0.491 e. The molecule has 0 bridgehead atoms. The van der Waals surface area contributed by atoms with Crippen molar-refractivity contribution in [3.63, 3.8) is 0 Å². The monoisotopic (exact) mass is 390 g/mol. The molecule has 0 aliphatic heterocycles. The van der Waals surface area contributed by atoms with Gasteiger partial charge in [-0.3, -0.25) is 9.52 Å². The molecule has 0 heterocycles. The van der Waals surface area contributed by atoms with Crippen LogP contribution in [0.2, 0.25) is 0 Å². The summed E-state index contributed by atoms with van der Waals surface area (Å²) < 4.78 is 31.3. The molecular formula is C20H26N2O4S. The van der Waals surface area contributed by atoms with Gasteiger partial charge in [0.25, 0.3) is 0 Å². The maximum atomic E-state index is 12.9. The molecule has 0 fully saturated rings. The van der Waals surface area contributed by atoms with Crippen LogP contribution in [0.25, 0.3) is 0 Å². The van der Waals surface area contributed by atoms with Gasteiger partial charge in [-0.1, -0.05) is 44.2 Å². The van der Waals surface area contributed by atoms with E-state index in [2.05, 4.69) is 23.5 Å². The highest BCUT2D eigenvalue weighted by atomic mass is 32.2. The van der Waals surface area contributed by atoms with Crippen LogP contribution in [-0.4, -0.2) is 51.6 Å². The lowest BCUT2D eigenvalue weighted by atomic mass is 10.0. The summed E-state index contributed by atoms with van der Waals surface area (Å²) in [6.45, 7) is 7.20. The van der Waals surface area contributed by atoms with E-state index in [0.29, 0.717) is 29.2 Å². The van der Waals surface area contributed by atoms with Gasteiger partial charge in [-0.05, 0) is 31.3 Å². The molecule has 0 atom stereocenters. The Kier molecular flexibility index (Phi) is 7.38. The fourth-order valence-corrected chi connectivity index (χ4v) is 3.24. The molecule has 2 rings (SSSR count). The highest BCUT2D eigenvalue weighted by Gasteiger charge is 2.17. The van der Waals surface area contributed by atoms with Gasteiger partial charge in [0.15, 0.2) is 5.78 Å². The number of benzene rings is 2. The van der Waals surface area contributed by atoms with E-state index in [-0.39, 0.29) is 5.78 Å². The van der Waals surface area contributed by atoms with Gasteiger partial charge in [0.2, 0.25) is 10.0 Å². The Morgan fingerprint density at radius 2 is 1.74 bits per heavy atom. The Hall–Kier alpha value is -2.38. The first-order valence-corrected chi connectivity index (χ1v) is 10.8. The summed E-state index contributed by atoms with van der Waals surface area (Å²) in [4.78, 5) is 15.1. The van der Waals surface area contributed by atoms with Crippen molar-refractivity contribution in [3.05, 3.63) is 59.7 Å². The Morgan fingerprint density at radius 3 is 2.33 bits per heavy atom. The van der Waals surface area contributed by atoms with Crippen LogP contribution in [0.1, 0.15) is 29.8 Å². The van der Waals surface area contributed by atoms with Crippen LogP contribution >= 0.6 is 0 Å². The van der Waals surface area contributed by atoms with Crippen molar-refractivity contribution in [2.75, 3.05) is 37.2 Å². The number of anilines is 1. The molecule has 0 amide bonds. The van der Waals surface area contributed by atoms with Gasteiger partial charge in [0.05, 0.1) is 11.8 Å². The van der Waals surface area contributed by atoms with Crippen LogP contribution in [0.5, 0.6) is 5.75 Å². The smallest absolute Gasteiger partial charge is 0.229 e. The number of rotatable bonds is 10. The molecule has 0 radical (unpaired) electrons. The van der Waals surface area contributed by atoms with Crippen molar-refractivity contribution in [2.45, 2.75) is 13.8 Å². The lowest BCUT2D eigenvalue weighted by Gasteiger charge is -2.19. The average Bonchev–Trinajstić information content (AvgIpc) is 2.65. The third kappa shape index (κ3) is 6.37. The number of hydrogen-bond donors (Lipinski definition) is 1. The molecule has 6 nitrogen and oxygen atoms in total. The zero-order valence-corrected chi connectivity index (χ0v) is 16.8. The van der Waals surface area contributed by atoms with Gasteiger partial charge in [-0.2, -0.15) is 0 Å². The van der Waals surface area contributed by atoms with Gasteiger partial charge in [0, 0.05) is 17.8 Å². The average molecular weight is 391 g/mol. The summed E-state index contributed by atoms with van der Waals surface area (Å²) in [7, 11) is -3.44. The summed E-state index contributed by atoms with van der Waals surface area (Å²) in [5.41, 5.74) is 1.17. The van der Waals surface area contributed by atoms with Crippen LogP contribution in [0, 0.1) is 0 Å². The highest BCUT2D eigenvalue weighted by molar-refractivity contribution is 7.92. The number of ketones is 1. The Labute approximate surface area is 161 Å². The second-order valence-corrected chi connectivity index (χ2v) is 7.90. The number of carbonyl (C=O) groups is 1. The lowest BCUT2D eigenvalue weighted by Crippen LogP contribution is -2.28. The normalized spacial score (nSPS) is 11.4. The fraction of sp³-hybridized carbons (Fsp3) is 0.350. The van der Waals surface area contributed by atoms with Crippen molar-refractivity contribution in [3.8, 4) is 5.75 Å². The summed E-state index contributed by atoms with van der Waals surface area (Å²) in [6.07, 6.45) is 1.07. The minimum absolute atomic E-state index is 0.217. The first kappa shape index (κ1) is 20.9. The van der Waals surface area contributed by atoms with Crippen molar-refractivity contribution in [2.24, 2.45) is 0 Å². The van der Waals surface area contributed by atoms with Gasteiger partial charge in [-0.15, -0.1) is 0 Å². The van der Waals surface area contributed by atoms with Crippen LogP contribution < -0.4 is 9.46 Å². The summed E-state index contributed by atoms with van der Waals surface area (Å²) >= 11 is 0. The lowest BCUT2D eigenvalue weighted by molar-refractivity contribution is 0.103. The Balaban J connectivity index is 2.30. The number of nitrogens with zero attached hydrogens (tertiary/aromatic N) is 1. The van der Waals surface area contributed by atoms with E-state index in [1.54, 1.807) is 36.4 Å². The molecule has 0 aliphatic carbocycles. The molecule has 0 saturated heterocycles. The van der Waals surface area contributed by atoms with Crippen molar-refractivity contribution >= 4 is 21.5 Å². The molecule has 2 aromatic carbocycles. The van der Waals surface area contributed by atoms with Gasteiger partial charge < -0.3 is 9.64 Å². The molecular weight excluding hydrogens is 364 g/mol. The van der Waals surface area contributed by atoms with Gasteiger partial charge in [-0.25, -0.2) is 8.42 Å². The summed E-state index contributed by atoms with van der Waals surface area (Å²) in [6, 6.07) is 13.6. The third-order valence-corrected chi connectivity index (χ3v) is 4.73. The third-order valence-electron chi connectivity index (χ3n) is 4.12. The number of nitrogens with one attached hydrogen (secondary N) is 1. The molecule has 27 heavy (non-hydrogen) atoms. The predicted molar refractivity (Wildman–Crippen MR) is 108 cm³/mol. The zero-order valence-electron chi connectivity index (χ0n) is 15.9. The van der Waals surface area contributed by atoms with Crippen molar-refractivity contribution < 1.29 is 17.9 Å². The second kappa shape index (κ2) is 9.53. The van der Waals surface area contributed by atoms with Crippen molar-refractivity contribution in [1.82, 2.24) is 4.90 Å². The highest BCUT2D eigenvalue weighted by Crippen LogP contribution is 2.26. The summed E-state index contributed by atoms with van der Waals surface area (Å²) in [5.74, 6) is 0.223.